The van der Waals surface area contributed by atoms with Crippen LogP contribution in [0.5, 0.6) is 0 Å². The molecule has 6 nitrogen and oxygen atoms in total. The highest BCUT2D eigenvalue weighted by Crippen LogP contribution is 2.21. The molecule has 0 fully saturated rings. The molecule has 1 aromatic carbocycles. The molecule has 3 aromatic rings. The van der Waals surface area contributed by atoms with Crippen LogP contribution in [0.3, 0.4) is 0 Å². The van der Waals surface area contributed by atoms with Gasteiger partial charge in [0.25, 0.3) is 0 Å². The maximum absolute atomic E-state index is 13.1. The SMILES string of the molecule is CN(C)CCNc1nc(NCc2ccc(F)cc2)cc(-c2ccncc2)n1. The molecule has 3 rings (SSSR count). The lowest BCUT2D eigenvalue weighted by atomic mass is 10.2. The molecule has 0 unspecified atom stereocenters. The molecule has 0 aliphatic carbocycles. The first kappa shape index (κ1) is 18.7. The minimum Gasteiger partial charge on any atom is -0.366 e. The van der Waals surface area contributed by atoms with Crippen molar-refractivity contribution in [2.24, 2.45) is 0 Å². The Balaban J connectivity index is 1.79. The van der Waals surface area contributed by atoms with Crippen LogP contribution >= 0.6 is 0 Å². The highest BCUT2D eigenvalue weighted by Gasteiger charge is 2.07. The van der Waals surface area contributed by atoms with Crippen LogP contribution in [0.15, 0.2) is 54.9 Å². The number of pyridine rings is 1. The zero-order valence-electron chi connectivity index (χ0n) is 15.5. The first-order valence-electron chi connectivity index (χ1n) is 8.76. The Morgan fingerprint density at radius 2 is 1.70 bits per heavy atom. The van der Waals surface area contributed by atoms with Crippen LogP contribution < -0.4 is 10.6 Å². The molecule has 0 aliphatic heterocycles. The van der Waals surface area contributed by atoms with E-state index in [1.165, 1.54) is 12.1 Å². The second-order valence-electron chi connectivity index (χ2n) is 6.41. The van der Waals surface area contributed by atoms with E-state index < -0.39 is 0 Å². The fraction of sp³-hybridized carbons (Fsp3) is 0.250. The van der Waals surface area contributed by atoms with Crippen LogP contribution in [0.1, 0.15) is 5.56 Å². The summed E-state index contributed by atoms with van der Waals surface area (Å²) in [6.07, 6.45) is 3.48. The van der Waals surface area contributed by atoms with Crippen molar-refractivity contribution in [1.29, 1.82) is 0 Å². The Morgan fingerprint density at radius 3 is 2.41 bits per heavy atom. The van der Waals surface area contributed by atoms with Crippen LogP contribution in [-0.2, 0) is 6.54 Å². The van der Waals surface area contributed by atoms with Crippen molar-refractivity contribution in [3.8, 4) is 11.3 Å². The van der Waals surface area contributed by atoms with E-state index >= 15 is 0 Å². The fourth-order valence-corrected chi connectivity index (χ4v) is 2.47. The van der Waals surface area contributed by atoms with E-state index in [0.717, 1.165) is 29.9 Å². The minimum atomic E-state index is -0.242. The zero-order valence-corrected chi connectivity index (χ0v) is 15.5. The molecule has 0 saturated heterocycles. The Labute approximate surface area is 158 Å². The number of hydrogen-bond donors (Lipinski definition) is 2. The topological polar surface area (TPSA) is 66.0 Å². The highest BCUT2D eigenvalue weighted by molar-refractivity contribution is 5.63. The second kappa shape index (κ2) is 9.05. The summed E-state index contributed by atoms with van der Waals surface area (Å²) in [6, 6.07) is 12.1. The van der Waals surface area contributed by atoms with Crippen molar-refractivity contribution in [2.75, 3.05) is 37.8 Å². The van der Waals surface area contributed by atoms with Crippen LogP contribution in [0.2, 0.25) is 0 Å². The van der Waals surface area contributed by atoms with Crippen molar-refractivity contribution >= 4 is 11.8 Å². The molecular weight excluding hydrogens is 343 g/mol. The average Bonchev–Trinajstić information content (AvgIpc) is 2.68. The second-order valence-corrected chi connectivity index (χ2v) is 6.41. The van der Waals surface area contributed by atoms with Gasteiger partial charge in [0.15, 0.2) is 0 Å². The number of nitrogens with zero attached hydrogens (tertiary/aromatic N) is 4. The summed E-state index contributed by atoms with van der Waals surface area (Å²) >= 11 is 0. The monoisotopic (exact) mass is 366 g/mol. The van der Waals surface area contributed by atoms with Crippen LogP contribution in [0.25, 0.3) is 11.3 Å². The van der Waals surface area contributed by atoms with Gasteiger partial charge in [-0.3, -0.25) is 4.98 Å². The number of benzene rings is 1. The summed E-state index contributed by atoms with van der Waals surface area (Å²) in [5.74, 6) is 1.02. The molecule has 2 aromatic heterocycles. The first-order chi connectivity index (χ1) is 13.1. The minimum absolute atomic E-state index is 0.242. The summed E-state index contributed by atoms with van der Waals surface area (Å²) in [6.45, 7) is 2.16. The van der Waals surface area contributed by atoms with Crippen LogP contribution in [0.4, 0.5) is 16.2 Å². The van der Waals surface area contributed by atoms with Crippen LogP contribution in [-0.4, -0.2) is 47.0 Å². The van der Waals surface area contributed by atoms with E-state index in [4.69, 9.17) is 0 Å². The summed E-state index contributed by atoms with van der Waals surface area (Å²) in [5, 5.41) is 6.55. The van der Waals surface area contributed by atoms with Gasteiger partial charge in [-0.25, -0.2) is 9.37 Å². The fourth-order valence-electron chi connectivity index (χ4n) is 2.47. The Kier molecular flexibility index (Phi) is 6.27. The van der Waals surface area contributed by atoms with Crippen molar-refractivity contribution in [3.63, 3.8) is 0 Å². The van der Waals surface area contributed by atoms with E-state index in [-0.39, 0.29) is 5.82 Å². The largest absolute Gasteiger partial charge is 0.366 e. The third-order valence-electron chi connectivity index (χ3n) is 3.93. The van der Waals surface area contributed by atoms with Crippen LogP contribution in [0, 0.1) is 5.82 Å². The first-order valence-corrected chi connectivity index (χ1v) is 8.76. The van der Waals surface area contributed by atoms with E-state index in [9.17, 15) is 4.39 Å². The third-order valence-corrected chi connectivity index (χ3v) is 3.93. The lowest BCUT2D eigenvalue weighted by Gasteiger charge is -2.13. The quantitative estimate of drug-likeness (QED) is 0.638. The molecule has 0 atom stereocenters. The standard InChI is InChI=1S/C20H23FN6/c1-27(2)12-11-23-20-25-18(16-7-9-22-10-8-16)13-19(26-20)24-14-15-3-5-17(21)6-4-15/h3-10,13H,11-12,14H2,1-2H3,(H2,23,24,25,26). The number of aromatic nitrogens is 3. The number of likely N-dealkylation sites (N-methyl/N-ethyl adjacent to an activating group) is 1. The maximum atomic E-state index is 13.1. The molecule has 27 heavy (non-hydrogen) atoms. The number of rotatable bonds is 8. The van der Waals surface area contributed by atoms with Crippen molar-refractivity contribution in [1.82, 2.24) is 19.9 Å². The molecule has 0 radical (unpaired) electrons. The summed E-state index contributed by atoms with van der Waals surface area (Å²) in [4.78, 5) is 15.3. The van der Waals surface area contributed by atoms with Gasteiger partial charge in [-0.05, 0) is 43.9 Å². The average molecular weight is 366 g/mol. The number of hydrogen-bond acceptors (Lipinski definition) is 6. The molecular formula is C20H23FN6. The number of nitrogens with one attached hydrogen (secondary N) is 2. The molecule has 0 bridgehead atoms. The molecule has 0 saturated carbocycles. The molecule has 2 N–H and O–H groups in total. The van der Waals surface area contributed by atoms with Crippen molar-refractivity contribution in [2.45, 2.75) is 6.54 Å². The third kappa shape index (κ3) is 5.72. The zero-order chi connectivity index (χ0) is 19.1. The number of halogens is 1. The number of anilines is 2. The van der Waals surface area contributed by atoms with E-state index in [0.29, 0.717) is 18.3 Å². The lowest BCUT2D eigenvalue weighted by molar-refractivity contribution is 0.425. The van der Waals surface area contributed by atoms with Gasteiger partial charge in [0, 0.05) is 43.7 Å². The predicted octanol–water partition coefficient (Wildman–Crippen LogP) is 3.26. The van der Waals surface area contributed by atoms with E-state index in [2.05, 4.69) is 30.5 Å². The van der Waals surface area contributed by atoms with Gasteiger partial charge in [-0.1, -0.05) is 12.1 Å². The summed E-state index contributed by atoms with van der Waals surface area (Å²) < 4.78 is 13.1. The van der Waals surface area contributed by atoms with Gasteiger partial charge in [0.05, 0.1) is 5.69 Å². The smallest absolute Gasteiger partial charge is 0.225 e. The van der Waals surface area contributed by atoms with E-state index in [1.807, 2.05) is 32.3 Å². The molecule has 0 spiro atoms. The Bertz CT molecular complexity index is 852. The molecule has 0 aliphatic rings. The highest BCUT2D eigenvalue weighted by atomic mass is 19.1. The summed E-state index contributed by atoms with van der Waals surface area (Å²) in [5.41, 5.74) is 2.75. The lowest BCUT2D eigenvalue weighted by Crippen LogP contribution is -2.21. The molecule has 0 amide bonds. The van der Waals surface area contributed by atoms with Gasteiger partial charge < -0.3 is 15.5 Å². The molecule has 2 heterocycles. The van der Waals surface area contributed by atoms with Gasteiger partial charge >= 0.3 is 0 Å². The van der Waals surface area contributed by atoms with Gasteiger partial charge in [0.1, 0.15) is 11.6 Å². The summed E-state index contributed by atoms with van der Waals surface area (Å²) in [7, 11) is 4.04. The maximum Gasteiger partial charge on any atom is 0.225 e. The van der Waals surface area contributed by atoms with E-state index in [1.54, 1.807) is 24.5 Å². The predicted molar refractivity (Wildman–Crippen MR) is 106 cm³/mol. The normalized spacial score (nSPS) is 10.8. The van der Waals surface area contributed by atoms with Crippen molar-refractivity contribution in [3.05, 3.63) is 66.2 Å². The van der Waals surface area contributed by atoms with Gasteiger partial charge in [-0.15, -0.1) is 0 Å². The van der Waals surface area contributed by atoms with Gasteiger partial charge in [0.2, 0.25) is 5.95 Å². The Hall–Kier alpha value is -3.06. The molecule has 140 valence electrons. The molecule has 7 heteroatoms. The Morgan fingerprint density at radius 1 is 0.963 bits per heavy atom. The van der Waals surface area contributed by atoms with Crippen molar-refractivity contribution < 1.29 is 4.39 Å². The van der Waals surface area contributed by atoms with Gasteiger partial charge in [-0.2, -0.15) is 4.98 Å².